The number of nitrogens with one attached hydrogen (secondary N) is 1. The van der Waals surface area contributed by atoms with E-state index >= 15 is 0 Å². The van der Waals surface area contributed by atoms with E-state index in [4.69, 9.17) is 14.5 Å². The lowest BCUT2D eigenvalue weighted by atomic mass is 9.99. The Kier molecular flexibility index (Phi) is 9.08. The molecule has 5 rings (SSSR count). The van der Waals surface area contributed by atoms with Crippen molar-refractivity contribution in [1.82, 2.24) is 20.3 Å². The van der Waals surface area contributed by atoms with Gasteiger partial charge in [0.1, 0.15) is 11.4 Å². The van der Waals surface area contributed by atoms with Gasteiger partial charge in [-0.25, -0.2) is 15.0 Å². The third-order valence-electron chi connectivity index (χ3n) is 6.75. The first-order valence-corrected chi connectivity index (χ1v) is 13.7. The van der Waals surface area contributed by atoms with Crippen LogP contribution >= 0.6 is 0 Å². The second-order valence-corrected chi connectivity index (χ2v) is 9.67. The van der Waals surface area contributed by atoms with Crippen molar-refractivity contribution in [3.05, 3.63) is 95.8 Å². The Hall–Kier alpha value is -4.88. The van der Waals surface area contributed by atoms with Gasteiger partial charge in [0.05, 0.1) is 37.2 Å². The van der Waals surface area contributed by atoms with Gasteiger partial charge in [-0.1, -0.05) is 35.6 Å². The largest absolute Gasteiger partial charge is 0.490 e. The summed E-state index contributed by atoms with van der Waals surface area (Å²) in [4.78, 5) is 13.8. The Balaban J connectivity index is 1.27. The summed E-state index contributed by atoms with van der Waals surface area (Å²) in [6.07, 6.45) is 9.34. The van der Waals surface area contributed by atoms with Gasteiger partial charge in [0.25, 0.3) is 0 Å². The molecule has 2 aliphatic heterocycles. The first kappa shape index (κ1) is 27.7. The molecular formula is C31H32N8O2. The SMILES string of the molecule is CC=C1N=NN(Cc2cccc(-c3ncc(OCC4CCNCC4)cn3)c2)/C1=N/C(=C\C)Oc1cccc(C#N)c1. The van der Waals surface area contributed by atoms with E-state index in [1.165, 1.54) is 0 Å². The van der Waals surface area contributed by atoms with Crippen molar-refractivity contribution in [3.8, 4) is 29.0 Å². The number of benzene rings is 2. The smallest absolute Gasteiger partial charge is 0.216 e. The van der Waals surface area contributed by atoms with E-state index in [0.717, 1.165) is 37.1 Å². The van der Waals surface area contributed by atoms with Gasteiger partial charge in [-0.15, -0.1) is 5.11 Å². The predicted octanol–water partition coefficient (Wildman–Crippen LogP) is 5.82. The third kappa shape index (κ3) is 7.21. The number of rotatable bonds is 9. The number of aliphatic imine (C=N–C) groups is 1. The van der Waals surface area contributed by atoms with Crippen LogP contribution < -0.4 is 14.8 Å². The molecule has 3 heterocycles. The number of piperidine rings is 1. The van der Waals surface area contributed by atoms with Crippen LogP contribution in [0.15, 0.2) is 100.0 Å². The average molecular weight is 549 g/mol. The van der Waals surface area contributed by atoms with Crippen LogP contribution in [0.4, 0.5) is 0 Å². The highest BCUT2D eigenvalue weighted by Crippen LogP contribution is 2.25. The second-order valence-electron chi connectivity index (χ2n) is 9.67. The molecular weight excluding hydrogens is 516 g/mol. The Labute approximate surface area is 239 Å². The fourth-order valence-electron chi connectivity index (χ4n) is 4.51. The molecule has 0 saturated carbocycles. The lowest BCUT2D eigenvalue weighted by Gasteiger charge is -2.22. The molecule has 1 aromatic heterocycles. The van der Waals surface area contributed by atoms with E-state index in [2.05, 4.69) is 31.7 Å². The summed E-state index contributed by atoms with van der Waals surface area (Å²) in [5.74, 6) is 3.33. The van der Waals surface area contributed by atoms with Crippen molar-refractivity contribution in [2.75, 3.05) is 19.7 Å². The Bertz CT molecular complexity index is 1520. The highest BCUT2D eigenvalue weighted by Gasteiger charge is 2.23. The lowest BCUT2D eigenvalue weighted by molar-refractivity contribution is 0.214. The van der Waals surface area contributed by atoms with Gasteiger partial charge < -0.3 is 14.8 Å². The molecule has 1 saturated heterocycles. The number of amidine groups is 1. The van der Waals surface area contributed by atoms with E-state index in [-0.39, 0.29) is 0 Å². The zero-order chi connectivity index (χ0) is 28.4. The molecule has 3 aromatic rings. The molecule has 208 valence electrons. The Morgan fingerprint density at radius 1 is 1.10 bits per heavy atom. The standard InChI is InChI=1S/C31H32N8O2/c1-3-28-31(36-29(4-2)41-26-10-6-7-23(16-26)17-32)39(38-37-28)20-24-8-5-9-25(15-24)30-34-18-27(19-35-30)40-21-22-11-13-33-14-12-22/h3-10,15-16,18-19,22,33H,11-14,20-21H2,1-2H3/b28-3?,29-4+,36-31+. The van der Waals surface area contributed by atoms with Gasteiger partial charge in [-0.05, 0) is 81.6 Å². The summed E-state index contributed by atoms with van der Waals surface area (Å²) >= 11 is 0. The van der Waals surface area contributed by atoms with E-state index in [1.807, 2.05) is 44.2 Å². The van der Waals surface area contributed by atoms with Crippen LogP contribution in [0.5, 0.6) is 11.5 Å². The van der Waals surface area contributed by atoms with Crippen molar-refractivity contribution >= 4 is 5.84 Å². The van der Waals surface area contributed by atoms with Crippen LogP contribution in [0.1, 0.15) is 37.8 Å². The Morgan fingerprint density at radius 3 is 2.66 bits per heavy atom. The summed E-state index contributed by atoms with van der Waals surface area (Å²) in [6, 6.07) is 17.1. The third-order valence-corrected chi connectivity index (χ3v) is 6.75. The first-order valence-electron chi connectivity index (χ1n) is 13.7. The van der Waals surface area contributed by atoms with E-state index in [0.29, 0.717) is 59.4 Å². The maximum absolute atomic E-state index is 9.19. The zero-order valence-corrected chi connectivity index (χ0v) is 23.2. The molecule has 10 nitrogen and oxygen atoms in total. The topological polar surface area (TPSA) is 120 Å². The van der Waals surface area contributed by atoms with Crippen LogP contribution in [-0.2, 0) is 6.54 Å². The predicted molar refractivity (Wildman–Crippen MR) is 156 cm³/mol. The van der Waals surface area contributed by atoms with E-state index < -0.39 is 0 Å². The minimum atomic E-state index is 0.372. The Morgan fingerprint density at radius 2 is 1.90 bits per heavy atom. The molecule has 2 aliphatic rings. The highest BCUT2D eigenvalue weighted by molar-refractivity contribution is 5.99. The van der Waals surface area contributed by atoms with Crippen molar-refractivity contribution < 1.29 is 9.47 Å². The van der Waals surface area contributed by atoms with Crippen LogP contribution in [-0.4, -0.2) is 40.5 Å². The van der Waals surface area contributed by atoms with Gasteiger partial charge in [0.15, 0.2) is 17.4 Å². The van der Waals surface area contributed by atoms with Crippen LogP contribution in [0.25, 0.3) is 11.4 Å². The number of hydrogen-bond acceptors (Lipinski definition) is 9. The second kappa shape index (κ2) is 13.5. The normalized spacial score (nSPS) is 17.7. The fraction of sp³-hybridized carbons (Fsp3) is 0.290. The molecule has 0 spiro atoms. The maximum Gasteiger partial charge on any atom is 0.216 e. The maximum atomic E-state index is 9.19. The lowest BCUT2D eigenvalue weighted by Crippen LogP contribution is -2.30. The van der Waals surface area contributed by atoms with Crippen molar-refractivity contribution in [2.24, 2.45) is 21.2 Å². The van der Waals surface area contributed by atoms with Gasteiger partial charge in [0, 0.05) is 5.56 Å². The van der Waals surface area contributed by atoms with E-state index in [9.17, 15) is 5.26 Å². The van der Waals surface area contributed by atoms with Gasteiger partial charge >= 0.3 is 0 Å². The molecule has 0 bridgehead atoms. The molecule has 10 heteroatoms. The number of aromatic nitrogens is 2. The molecule has 2 aromatic carbocycles. The summed E-state index contributed by atoms with van der Waals surface area (Å²) < 4.78 is 11.9. The monoisotopic (exact) mass is 548 g/mol. The van der Waals surface area contributed by atoms with Crippen LogP contribution in [0, 0.1) is 17.2 Å². The summed E-state index contributed by atoms with van der Waals surface area (Å²) in [6.45, 7) is 6.94. The number of nitriles is 1. The molecule has 41 heavy (non-hydrogen) atoms. The summed E-state index contributed by atoms with van der Waals surface area (Å²) in [5.41, 5.74) is 3.03. The van der Waals surface area contributed by atoms with Crippen molar-refractivity contribution in [1.29, 1.82) is 5.26 Å². The minimum absolute atomic E-state index is 0.372. The molecule has 0 radical (unpaired) electrons. The molecule has 1 N–H and O–H groups in total. The average Bonchev–Trinajstić information content (AvgIpc) is 3.41. The van der Waals surface area contributed by atoms with Crippen LogP contribution in [0.3, 0.4) is 0 Å². The molecule has 1 fully saturated rings. The van der Waals surface area contributed by atoms with Crippen molar-refractivity contribution in [3.63, 3.8) is 0 Å². The number of hydrogen-bond donors (Lipinski definition) is 1. The quantitative estimate of drug-likeness (QED) is 0.335. The molecule has 0 unspecified atom stereocenters. The minimum Gasteiger partial charge on any atom is -0.490 e. The number of ether oxygens (including phenoxy) is 2. The zero-order valence-electron chi connectivity index (χ0n) is 23.2. The molecule has 0 atom stereocenters. The fourth-order valence-corrected chi connectivity index (χ4v) is 4.51. The first-order chi connectivity index (χ1) is 20.1. The van der Waals surface area contributed by atoms with E-state index in [1.54, 1.807) is 47.7 Å². The highest BCUT2D eigenvalue weighted by atomic mass is 16.5. The molecule has 0 amide bonds. The van der Waals surface area contributed by atoms with Crippen LogP contribution in [0.2, 0.25) is 0 Å². The van der Waals surface area contributed by atoms with Crippen molar-refractivity contribution in [2.45, 2.75) is 33.2 Å². The summed E-state index contributed by atoms with van der Waals surface area (Å²) in [5, 5.41) is 22.9. The van der Waals surface area contributed by atoms with Gasteiger partial charge in [-0.3, -0.25) is 0 Å². The van der Waals surface area contributed by atoms with Gasteiger partial charge in [-0.2, -0.15) is 10.3 Å². The summed E-state index contributed by atoms with van der Waals surface area (Å²) in [7, 11) is 0. The number of allylic oxidation sites excluding steroid dienone is 2. The molecule has 0 aliphatic carbocycles. The van der Waals surface area contributed by atoms with Gasteiger partial charge in [0.2, 0.25) is 5.88 Å². The number of nitrogens with zero attached hydrogens (tertiary/aromatic N) is 7.